The van der Waals surface area contributed by atoms with Crippen LogP contribution >= 0.6 is 0 Å². The third-order valence-corrected chi connectivity index (χ3v) is 3.31. The van der Waals surface area contributed by atoms with Crippen LogP contribution in [-0.2, 0) is 13.1 Å². The summed E-state index contributed by atoms with van der Waals surface area (Å²) in [6.07, 6.45) is 3.70. The topological polar surface area (TPSA) is 59.0 Å². The van der Waals surface area contributed by atoms with Crippen molar-refractivity contribution in [2.24, 2.45) is 0 Å². The lowest BCUT2D eigenvalue weighted by atomic mass is 10.1. The summed E-state index contributed by atoms with van der Waals surface area (Å²) in [5.41, 5.74) is 3.89. The van der Waals surface area contributed by atoms with Gasteiger partial charge in [-0.2, -0.15) is 0 Å². The molecule has 1 heterocycles. The van der Waals surface area contributed by atoms with E-state index < -0.39 is 0 Å². The molecule has 20 heavy (non-hydrogen) atoms. The van der Waals surface area contributed by atoms with Gasteiger partial charge in [-0.1, -0.05) is 0 Å². The van der Waals surface area contributed by atoms with Gasteiger partial charge in [0.1, 0.15) is 0 Å². The number of rotatable bonds is 5. The zero-order valence-electron chi connectivity index (χ0n) is 12.1. The van der Waals surface area contributed by atoms with Crippen LogP contribution in [0.5, 0.6) is 0 Å². The van der Waals surface area contributed by atoms with Crippen molar-refractivity contribution in [2.45, 2.75) is 26.9 Å². The predicted octanol–water partition coefficient (Wildman–Crippen LogP) is 2.18. The highest BCUT2D eigenvalue weighted by Crippen LogP contribution is 2.17. The number of anilines is 1. The molecule has 1 aromatic carbocycles. The first-order chi connectivity index (χ1) is 9.65. The molecule has 0 spiro atoms. The molecule has 5 heteroatoms. The summed E-state index contributed by atoms with van der Waals surface area (Å²) in [5.74, 6) is -0.0660. The van der Waals surface area contributed by atoms with Gasteiger partial charge >= 0.3 is 0 Å². The maximum absolute atomic E-state index is 11.6. The number of aromatic nitrogens is 2. The van der Waals surface area contributed by atoms with Crippen LogP contribution in [0.4, 0.5) is 5.69 Å². The molecular weight excluding hydrogens is 252 g/mol. The van der Waals surface area contributed by atoms with E-state index in [4.69, 9.17) is 0 Å². The van der Waals surface area contributed by atoms with Crippen LogP contribution in [0.25, 0.3) is 0 Å². The van der Waals surface area contributed by atoms with Gasteiger partial charge in [-0.05, 0) is 37.6 Å². The highest BCUT2D eigenvalue weighted by molar-refractivity contribution is 5.94. The van der Waals surface area contributed by atoms with Gasteiger partial charge in [0.25, 0.3) is 5.91 Å². The van der Waals surface area contributed by atoms with E-state index in [1.807, 2.05) is 37.6 Å². The number of amides is 1. The van der Waals surface area contributed by atoms with Gasteiger partial charge in [-0.15, -0.1) is 0 Å². The SMILES string of the molecule is CCn1cncc1CNc1ccc(C(=O)NC)cc1C. The van der Waals surface area contributed by atoms with E-state index >= 15 is 0 Å². The number of benzene rings is 1. The van der Waals surface area contributed by atoms with E-state index in [1.165, 1.54) is 0 Å². The van der Waals surface area contributed by atoms with Gasteiger partial charge < -0.3 is 15.2 Å². The highest BCUT2D eigenvalue weighted by Gasteiger charge is 2.06. The molecule has 2 rings (SSSR count). The Morgan fingerprint density at radius 2 is 2.20 bits per heavy atom. The Morgan fingerprint density at radius 3 is 2.85 bits per heavy atom. The number of aryl methyl sites for hydroxylation is 2. The number of carbonyl (C=O) groups excluding carboxylic acids is 1. The van der Waals surface area contributed by atoms with Crippen molar-refractivity contribution in [2.75, 3.05) is 12.4 Å². The van der Waals surface area contributed by atoms with Crippen molar-refractivity contribution in [1.82, 2.24) is 14.9 Å². The Kier molecular flexibility index (Phi) is 4.40. The summed E-state index contributed by atoms with van der Waals surface area (Å²) in [6, 6.07) is 5.65. The van der Waals surface area contributed by atoms with Crippen LogP contribution in [0.15, 0.2) is 30.7 Å². The molecule has 1 amide bonds. The second-order valence-electron chi connectivity index (χ2n) is 4.63. The molecule has 0 saturated carbocycles. The summed E-state index contributed by atoms with van der Waals surface area (Å²) in [4.78, 5) is 15.7. The van der Waals surface area contributed by atoms with Crippen LogP contribution in [0.1, 0.15) is 28.5 Å². The molecule has 0 radical (unpaired) electrons. The second-order valence-corrected chi connectivity index (χ2v) is 4.63. The Morgan fingerprint density at radius 1 is 1.40 bits per heavy atom. The number of imidazole rings is 1. The minimum absolute atomic E-state index is 0.0660. The largest absolute Gasteiger partial charge is 0.379 e. The van der Waals surface area contributed by atoms with Crippen molar-refractivity contribution in [3.05, 3.63) is 47.5 Å². The standard InChI is InChI=1S/C15H20N4O/c1-4-19-10-17-8-13(19)9-18-14-6-5-12(7-11(14)2)15(20)16-3/h5-8,10,18H,4,9H2,1-3H3,(H,16,20). The smallest absolute Gasteiger partial charge is 0.251 e. The fraction of sp³-hybridized carbons (Fsp3) is 0.333. The predicted molar refractivity (Wildman–Crippen MR) is 79.8 cm³/mol. The second kappa shape index (κ2) is 6.23. The van der Waals surface area contributed by atoms with Gasteiger partial charge in [0.2, 0.25) is 0 Å². The Labute approximate surface area is 119 Å². The first kappa shape index (κ1) is 14.1. The molecular formula is C15H20N4O. The Hall–Kier alpha value is -2.30. The first-order valence-electron chi connectivity index (χ1n) is 6.71. The van der Waals surface area contributed by atoms with E-state index in [2.05, 4.69) is 27.1 Å². The summed E-state index contributed by atoms with van der Waals surface area (Å²) in [6.45, 7) is 5.71. The van der Waals surface area contributed by atoms with E-state index in [-0.39, 0.29) is 5.91 Å². The average Bonchev–Trinajstić information content (AvgIpc) is 2.92. The molecule has 0 atom stereocenters. The number of nitrogens with zero attached hydrogens (tertiary/aromatic N) is 2. The summed E-state index contributed by atoms with van der Waals surface area (Å²) in [7, 11) is 1.63. The number of nitrogens with one attached hydrogen (secondary N) is 2. The van der Waals surface area contributed by atoms with Gasteiger partial charge in [-0.3, -0.25) is 4.79 Å². The molecule has 0 unspecified atom stereocenters. The van der Waals surface area contributed by atoms with Gasteiger partial charge in [-0.25, -0.2) is 4.98 Å². The number of hydrogen-bond acceptors (Lipinski definition) is 3. The molecule has 0 aliphatic carbocycles. The number of hydrogen-bond donors (Lipinski definition) is 2. The lowest BCUT2D eigenvalue weighted by molar-refractivity contribution is 0.0963. The molecule has 1 aromatic heterocycles. The van der Waals surface area contributed by atoms with Gasteiger partial charge in [0.15, 0.2) is 0 Å². The molecule has 0 aliphatic rings. The van der Waals surface area contributed by atoms with E-state index in [1.54, 1.807) is 7.05 Å². The fourth-order valence-corrected chi connectivity index (χ4v) is 2.11. The zero-order valence-corrected chi connectivity index (χ0v) is 12.1. The molecule has 0 fully saturated rings. The molecule has 2 aromatic rings. The van der Waals surface area contributed by atoms with Gasteiger partial charge in [0, 0.05) is 31.0 Å². The van der Waals surface area contributed by atoms with Crippen LogP contribution in [0.3, 0.4) is 0 Å². The Balaban J connectivity index is 2.09. The summed E-state index contributed by atoms with van der Waals surface area (Å²) >= 11 is 0. The third kappa shape index (κ3) is 2.99. The minimum atomic E-state index is -0.0660. The molecule has 0 aliphatic heterocycles. The minimum Gasteiger partial charge on any atom is -0.379 e. The van der Waals surface area contributed by atoms with Crippen LogP contribution in [-0.4, -0.2) is 22.5 Å². The molecule has 2 N–H and O–H groups in total. The lowest BCUT2D eigenvalue weighted by Crippen LogP contribution is -2.18. The van der Waals surface area contributed by atoms with Crippen LogP contribution < -0.4 is 10.6 Å². The molecule has 0 saturated heterocycles. The van der Waals surface area contributed by atoms with Crippen molar-refractivity contribution >= 4 is 11.6 Å². The maximum Gasteiger partial charge on any atom is 0.251 e. The molecule has 0 bridgehead atoms. The normalized spacial score (nSPS) is 10.3. The van der Waals surface area contributed by atoms with Crippen LogP contribution in [0.2, 0.25) is 0 Å². The van der Waals surface area contributed by atoms with Crippen molar-refractivity contribution < 1.29 is 4.79 Å². The maximum atomic E-state index is 11.6. The van der Waals surface area contributed by atoms with Crippen molar-refractivity contribution in [3.8, 4) is 0 Å². The summed E-state index contributed by atoms with van der Waals surface area (Å²) in [5, 5.41) is 6.01. The quantitative estimate of drug-likeness (QED) is 0.877. The molecule has 5 nitrogen and oxygen atoms in total. The van der Waals surface area contributed by atoms with Gasteiger partial charge in [0.05, 0.1) is 18.6 Å². The summed E-state index contributed by atoms with van der Waals surface area (Å²) < 4.78 is 2.10. The van der Waals surface area contributed by atoms with Crippen molar-refractivity contribution in [3.63, 3.8) is 0 Å². The Bertz CT molecular complexity index is 604. The van der Waals surface area contributed by atoms with Crippen molar-refractivity contribution in [1.29, 1.82) is 0 Å². The average molecular weight is 272 g/mol. The van der Waals surface area contributed by atoms with E-state index in [0.717, 1.165) is 23.5 Å². The highest BCUT2D eigenvalue weighted by atomic mass is 16.1. The lowest BCUT2D eigenvalue weighted by Gasteiger charge is -2.12. The zero-order chi connectivity index (χ0) is 14.5. The first-order valence-corrected chi connectivity index (χ1v) is 6.71. The third-order valence-electron chi connectivity index (χ3n) is 3.31. The monoisotopic (exact) mass is 272 g/mol. The van der Waals surface area contributed by atoms with E-state index in [0.29, 0.717) is 12.1 Å². The number of carbonyl (C=O) groups is 1. The molecule has 106 valence electrons. The fourth-order valence-electron chi connectivity index (χ4n) is 2.11. The van der Waals surface area contributed by atoms with Crippen LogP contribution in [0, 0.1) is 6.92 Å². The van der Waals surface area contributed by atoms with E-state index in [9.17, 15) is 4.79 Å².